The molecule has 3 nitrogen and oxygen atoms in total. The van der Waals surface area contributed by atoms with Gasteiger partial charge in [0.05, 0.1) is 0 Å². The van der Waals surface area contributed by atoms with E-state index in [2.05, 4.69) is 18.8 Å². The molecular formula is C11H18N2OS. The predicted octanol–water partition coefficient (Wildman–Crippen LogP) is 2.01. The fourth-order valence-electron chi connectivity index (χ4n) is 2.18. The van der Waals surface area contributed by atoms with E-state index in [1.165, 1.54) is 0 Å². The first kappa shape index (κ1) is 11.0. The number of nitrogens with zero attached hydrogens (tertiary/aromatic N) is 2. The molecule has 2 atom stereocenters. The third-order valence-electron chi connectivity index (χ3n) is 3.19. The van der Waals surface area contributed by atoms with Crippen molar-refractivity contribution in [3.8, 4) is 0 Å². The van der Waals surface area contributed by atoms with E-state index in [0.29, 0.717) is 0 Å². The van der Waals surface area contributed by atoms with Gasteiger partial charge >= 0.3 is 0 Å². The molecule has 0 saturated carbocycles. The lowest BCUT2D eigenvalue weighted by Crippen LogP contribution is -2.41. The second kappa shape index (κ2) is 4.18. The van der Waals surface area contributed by atoms with Gasteiger partial charge in [0, 0.05) is 24.2 Å². The Bertz CT molecular complexity index is 339. The molecule has 1 aromatic heterocycles. The van der Waals surface area contributed by atoms with Gasteiger partial charge in [0.25, 0.3) is 0 Å². The van der Waals surface area contributed by atoms with Crippen molar-refractivity contribution in [3.63, 3.8) is 0 Å². The number of rotatable bonds is 2. The second-order valence-corrected chi connectivity index (χ2v) is 5.53. The lowest BCUT2D eigenvalue weighted by atomic mass is 9.93. The van der Waals surface area contributed by atoms with Crippen molar-refractivity contribution in [2.75, 3.05) is 5.75 Å². The third kappa shape index (κ3) is 1.81. The Balaban J connectivity index is 2.34. The van der Waals surface area contributed by atoms with Crippen molar-refractivity contribution in [2.45, 2.75) is 44.1 Å². The summed E-state index contributed by atoms with van der Waals surface area (Å²) in [7, 11) is 0. The van der Waals surface area contributed by atoms with Crippen LogP contribution in [0.15, 0.2) is 12.4 Å². The molecule has 2 heterocycles. The van der Waals surface area contributed by atoms with Gasteiger partial charge in [-0.15, -0.1) is 0 Å². The number of aryl methyl sites for hydroxylation is 1. The number of thioether (sulfide) groups is 1. The van der Waals surface area contributed by atoms with Gasteiger partial charge in [-0.25, -0.2) is 4.98 Å². The minimum absolute atomic E-state index is 0.235. The number of aliphatic hydroxyl groups is 1. The largest absolute Gasteiger partial charge is 0.381 e. The second-order valence-electron chi connectivity index (χ2n) is 4.08. The van der Waals surface area contributed by atoms with Crippen molar-refractivity contribution < 1.29 is 5.11 Å². The van der Waals surface area contributed by atoms with E-state index in [4.69, 9.17) is 0 Å². The fourth-order valence-corrected chi connectivity index (χ4v) is 3.34. The summed E-state index contributed by atoms with van der Waals surface area (Å²) in [5, 5.41) is 10.9. The van der Waals surface area contributed by atoms with Gasteiger partial charge in [0.2, 0.25) is 0 Å². The maximum atomic E-state index is 10.7. The Hall–Kier alpha value is -0.480. The van der Waals surface area contributed by atoms with E-state index < -0.39 is 5.60 Å². The molecule has 0 radical (unpaired) electrons. The maximum absolute atomic E-state index is 10.7. The van der Waals surface area contributed by atoms with E-state index in [-0.39, 0.29) is 5.25 Å². The van der Waals surface area contributed by atoms with Crippen LogP contribution < -0.4 is 0 Å². The molecule has 0 bridgehead atoms. The molecule has 2 rings (SSSR count). The van der Waals surface area contributed by atoms with Gasteiger partial charge in [-0.1, -0.05) is 6.92 Å². The Morgan fingerprint density at radius 2 is 2.53 bits per heavy atom. The van der Waals surface area contributed by atoms with E-state index in [1.807, 2.05) is 22.5 Å². The lowest BCUT2D eigenvalue weighted by Gasteiger charge is -2.37. The summed E-state index contributed by atoms with van der Waals surface area (Å²) in [6.45, 7) is 5.04. The molecule has 1 aromatic rings. The Labute approximate surface area is 94.9 Å². The molecule has 0 aromatic carbocycles. The van der Waals surface area contributed by atoms with E-state index in [1.54, 1.807) is 6.20 Å². The van der Waals surface area contributed by atoms with Gasteiger partial charge in [0.15, 0.2) is 0 Å². The topological polar surface area (TPSA) is 38.0 Å². The molecule has 1 aliphatic rings. The molecule has 1 aliphatic heterocycles. The van der Waals surface area contributed by atoms with E-state index >= 15 is 0 Å². The summed E-state index contributed by atoms with van der Waals surface area (Å²) in [5.41, 5.74) is -0.734. The van der Waals surface area contributed by atoms with Crippen LogP contribution in [-0.2, 0) is 12.1 Å². The molecule has 0 amide bonds. The predicted molar refractivity (Wildman–Crippen MR) is 63.0 cm³/mol. The van der Waals surface area contributed by atoms with Crippen LogP contribution in [0.5, 0.6) is 0 Å². The van der Waals surface area contributed by atoms with Crippen LogP contribution >= 0.6 is 11.8 Å². The van der Waals surface area contributed by atoms with Crippen LogP contribution in [0.2, 0.25) is 0 Å². The molecule has 4 heteroatoms. The summed E-state index contributed by atoms with van der Waals surface area (Å²) >= 11 is 1.84. The number of imidazole rings is 1. The van der Waals surface area contributed by atoms with Crippen LogP contribution in [0.1, 0.15) is 32.5 Å². The first-order chi connectivity index (χ1) is 7.18. The molecule has 1 saturated heterocycles. The zero-order valence-electron chi connectivity index (χ0n) is 9.31. The van der Waals surface area contributed by atoms with Gasteiger partial charge in [-0.3, -0.25) is 0 Å². The van der Waals surface area contributed by atoms with Crippen LogP contribution in [0.4, 0.5) is 0 Å². The SMILES string of the molecule is CCn1ccnc1C1(O)CCCSC1C. The van der Waals surface area contributed by atoms with Crippen molar-refractivity contribution >= 4 is 11.8 Å². The quantitative estimate of drug-likeness (QED) is 0.838. The average molecular weight is 226 g/mol. The van der Waals surface area contributed by atoms with Gasteiger partial charge < -0.3 is 9.67 Å². The van der Waals surface area contributed by atoms with Crippen LogP contribution in [0, 0.1) is 0 Å². The monoisotopic (exact) mass is 226 g/mol. The first-order valence-corrected chi connectivity index (χ1v) is 6.59. The number of hydrogen-bond donors (Lipinski definition) is 1. The highest BCUT2D eigenvalue weighted by molar-refractivity contribution is 8.00. The van der Waals surface area contributed by atoms with Crippen molar-refractivity contribution in [1.82, 2.24) is 9.55 Å². The van der Waals surface area contributed by atoms with Gasteiger partial charge in [-0.05, 0) is 25.5 Å². The molecule has 84 valence electrons. The normalized spacial score (nSPS) is 31.8. The minimum atomic E-state index is -0.734. The van der Waals surface area contributed by atoms with Crippen molar-refractivity contribution in [1.29, 1.82) is 0 Å². The summed E-state index contributed by atoms with van der Waals surface area (Å²) in [6.07, 6.45) is 5.63. The Morgan fingerprint density at radius 3 is 3.20 bits per heavy atom. The highest BCUT2D eigenvalue weighted by atomic mass is 32.2. The average Bonchev–Trinajstić information content (AvgIpc) is 2.71. The molecular weight excluding hydrogens is 208 g/mol. The molecule has 2 unspecified atom stereocenters. The minimum Gasteiger partial charge on any atom is -0.381 e. The zero-order valence-corrected chi connectivity index (χ0v) is 10.1. The van der Waals surface area contributed by atoms with Gasteiger partial charge in [-0.2, -0.15) is 11.8 Å². The highest BCUT2D eigenvalue weighted by Gasteiger charge is 2.41. The number of aromatic nitrogens is 2. The molecule has 15 heavy (non-hydrogen) atoms. The summed E-state index contributed by atoms with van der Waals surface area (Å²) in [4.78, 5) is 4.33. The fraction of sp³-hybridized carbons (Fsp3) is 0.727. The molecule has 1 N–H and O–H groups in total. The first-order valence-electron chi connectivity index (χ1n) is 5.54. The van der Waals surface area contributed by atoms with Crippen LogP contribution in [0.3, 0.4) is 0 Å². The van der Waals surface area contributed by atoms with E-state index in [9.17, 15) is 5.11 Å². The summed E-state index contributed by atoms with van der Waals surface area (Å²) in [5.74, 6) is 1.99. The number of hydrogen-bond acceptors (Lipinski definition) is 3. The maximum Gasteiger partial charge on any atom is 0.141 e. The summed E-state index contributed by atoms with van der Waals surface area (Å²) in [6, 6.07) is 0. The third-order valence-corrected chi connectivity index (χ3v) is 4.60. The van der Waals surface area contributed by atoms with Crippen LogP contribution in [0.25, 0.3) is 0 Å². The lowest BCUT2D eigenvalue weighted by molar-refractivity contribution is 0.0133. The van der Waals surface area contributed by atoms with E-state index in [0.717, 1.165) is 31.0 Å². The molecule has 1 fully saturated rings. The van der Waals surface area contributed by atoms with Crippen LogP contribution in [-0.4, -0.2) is 25.7 Å². The molecule has 0 aliphatic carbocycles. The Kier molecular flexibility index (Phi) is 3.07. The van der Waals surface area contributed by atoms with Gasteiger partial charge in [0.1, 0.15) is 11.4 Å². The molecule has 0 spiro atoms. The van der Waals surface area contributed by atoms with Crippen molar-refractivity contribution in [3.05, 3.63) is 18.2 Å². The summed E-state index contributed by atoms with van der Waals surface area (Å²) < 4.78 is 2.04. The standard InChI is InChI=1S/C11H18N2OS/c1-3-13-7-6-12-10(13)11(14)5-4-8-15-9(11)2/h6-7,9,14H,3-5,8H2,1-2H3. The Morgan fingerprint density at radius 1 is 1.73 bits per heavy atom. The van der Waals surface area contributed by atoms with Crippen molar-refractivity contribution in [2.24, 2.45) is 0 Å². The zero-order chi connectivity index (χ0) is 10.9. The highest BCUT2D eigenvalue weighted by Crippen LogP contribution is 2.40. The smallest absolute Gasteiger partial charge is 0.141 e.